The summed E-state index contributed by atoms with van der Waals surface area (Å²) in [5.41, 5.74) is 3.70. The maximum absolute atomic E-state index is 13.1. The molecule has 1 heterocycles. The Balaban J connectivity index is 2.01. The molecule has 0 spiro atoms. The maximum Gasteiger partial charge on any atom is 0.223 e. The van der Waals surface area contributed by atoms with E-state index in [4.69, 9.17) is 4.74 Å². The van der Waals surface area contributed by atoms with Crippen LogP contribution in [-0.2, 0) is 4.79 Å². The lowest BCUT2D eigenvalue weighted by molar-refractivity contribution is -0.132. The van der Waals surface area contributed by atoms with E-state index in [0.29, 0.717) is 17.7 Å². The summed E-state index contributed by atoms with van der Waals surface area (Å²) in [7, 11) is 5.61. The van der Waals surface area contributed by atoms with Gasteiger partial charge in [-0.05, 0) is 61.6 Å². The molecule has 1 aliphatic rings. The molecule has 5 nitrogen and oxygen atoms in total. The van der Waals surface area contributed by atoms with E-state index >= 15 is 0 Å². The van der Waals surface area contributed by atoms with E-state index < -0.39 is 0 Å². The van der Waals surface area contributed by atoms with E-state index in [0.717, 1.165) is 42.7 Å². The monoisotopic (exact) mass is 396 g/mol. The first-order valence-electron chi connectivity index (χ1n) is 10.3. The van der Waals surface area contributed by atoms with Crippen molar-refractivity contribution < 1.29 is 14.6 Å². The molecule has 1 amide bonds. The highest BCUT2D eigenvalue weighted by molar-refractivity contribution is 5.78. The molecule has 1 N–H and O–H groups in total. The summed E-state index contributed by atoms with van der Waals surface area (Å²) < 4.78 is 5.61. The Kier molecular flexibility index (Phi) is 6.68. The molecule has 1 fully saturated rings. The minimum Gasteiger partial charge on any atom is -0.507 e. The van der Waals surface area contributed by atoms with E-state index in [1.165, 1.54) is 6.42 Å². The predicted octanol–water partition coefficient (Wildman–Crippen LogP) is 4.31. The van der Waals surface area contributed by atoms with Gasteiger partial charge in [0.25, 0.3) is 0 Å². The number of piperidine rings is 1. The quantitative estimate of drug-likeness (QED) is 0.791. The van der Waals surface area contributed by atoms with Gasteiger partial charge in [0.2, 0.25) is 5.91 Å². The molecule has 0 bridgehead atoms. The molecular weight excluding hydrogens is 364 g/mol. The number of carbonyl (C=O) groups is 1. The topological polar surface area (TPSA) is 53.0 Å². The average molecular weight is 397 g/mol. The van der Waals surface area contributed by atoms with Crippen molar-refractivity contribution in [2.45, 2.75) is 38.5 Å². The van der Waals surface area contributed by atoms with E-state index in [2.05, 4.69) is 0 Å². The number of rotatable bonds is 6. The van der Waals surface area contributed by atoms with Gasteiger partial charge in [0.1, 0.15) is 11.5 Å². The number of hydrogen-bond donors (Lipinski definition) is 1. The van der Waals surface area contributed by atoms with Crippen molar-refractivity contribution in [3.63, 3.8) is 0 Å². The molecule has 1 atom stereocenters. The van der Waals surface area contributed by atoms with Crippen LogP contribution in [0.3, 0.4) is 0 Å². The number of carbonyl (C=O) groups excluding carboxylic acids is 1. The molecule has 29 heavy (non-hydrogen) atoms. The lowest BCUT2D eigenvalue weighted by Crippen LogP contribution is -2.36. The third-order valence-corrected chi connectivity index (χ3v) is 5.73. The van der Waals surface area contributed by atoms with Crippen LogP contribution in [0.4, 0.5) is 5.69 Å². The van der Waals surface area contributed by atoms with Gasteiger partial charge in [0.05, 0.1) is 7.11 Å². The Bertz CT molecular complexity index is 840. The number of ether oxygens (including phenoxy) is 1. The Morgan fingerprint density at radius 1 is 1.14 bits per heavy atom. The Labute approximate surface area is 173 Å². The van der Waals surface area contributed by atoms with Crippen LogP contribution in [0.1, 0.15) is 48.3 Å². The molecule has 1 aliphatic heterocycles. The fourth-order valence-electron chi connectivity index (χ4n) is 4.10. The third kappa shape index (κ3) is 4.84. The predicted molar refractivity (Wildman–Crippen MR) is 117 cm³/mol. The first-order valence-corrected chi connectivity index (χ1v) is 10.3. The summed E-state index contributed by atoms with van der Waals surface area (Å²) >= 11 is 0. The smallest absolute Gasteiger partial charge is 0.223 e. The van der Waals surface area contributed by atoms with Gasteiger partial charge >= 0.3 is 0 Å². The molecular formula is C24H32N2O3. The van der Waals surface area contributed by atoms with Crippen LogP contribution in [-0.4, -0.2) is 50.2 Å². The van der Waals surface area contributed by atoms with Gasteiger partial charge in [-0.15, -0.1) is 0 Å². The SMILES string of the molecule is COc1cc(C)cc(O)c1C(CC(=O)N1CCCCC1)c1ccc(N(C)C)cc1. The molecule has 0 radical (unpaired) electrons. The minimum absolute atomic E-state index is 0.133. The average Bonchev–Trinajstić information content (AvgIpc) is 2.72. The van der Waals surface area contributed by atoms with E-state index in [1.54, 1.807) is 13.2 Å². The van der Waals surface area contributed by atoms with Gasteiger partial charge in [-0.2, -0.15) is 0 Å². The number of benzene rings is 2. The highest BCUT2D eigenvalue weighted by atomic mass is 16.5. The number of hydrogen-bond acceptors (Lipinski definition) is 4. The second-order valence-electron chi connectivity index (χ2n) is 8.08. The molecule has 2 aromatic carbocycles. The maximum atomic E-state index is 13.1. The van der Waals surface area contributed by atoms with Gasteiger partial charge in [-0.25, -0.2) is 0 Å². The second kappa shape index (κ2) is 9.21. The van der Waals surface area contributed by atoms with Crippen molar-refractivity contribution in [3.05, 3.63) is 53.1 Å². The Hall–Kier alpha value is -2.69. The number of amides is 1. The second-order valence-corrected chi connectivity index (χ2v) is 8.08. The fraction of sp³-hybridized carbons (Fsp3) is 0.458. The van der Waals surface area contributed by atoms with Crippen molar-refractivity contribution in [1.29, 1.82) is 0 Å². The van der Waals surface area contributed by atoms with Crippen molar-refractivity contribution in [1.82, 2.24) is 4.90 Å². The number of likely N-dealkylation sites (tertiary alicyclic amines) is 1. The number of anilines is 1. The highest BCUT2D eigenvalue weighted by Gasteiger charge is 2.28. The summed E-state index contributed by atoms with van der Waals surface area (Å²) in [6.45, 7) is 3.57. The normalized spacial score (nSPS) is 15.1. The molecule has 156 valence electrons. The largest absolute Gasteiger partial charge is 0.507 e. The minimum atomic E-state index is -0.267. The zero-order chi connectivity index (χ0) is 21.0. The summed E-state index contributed by atoms with van der Waals surface area (Å²) in [6, 6.07) is 11.8. The van der Waals surface area contributed by atoms with Gasteiger partial charge in [0.15, 0.2) is 0 Å². The molecule has 2 aromatic rings. The number of phenolic OH excluding ortho intramolecular Hbond substituents is 1. The lowest BCUT2D eigenvalue weighted by atomic mass is 9.86. The third-order valence-electron chi connectivity index (χ3n) is 5.73. The molecule has 0 aliphatic carbocycles. The molecule has 0 aromatic heterocycles. The van der Waals surface area contributed by atoms with E-state index in [9.17, 15) is 9.90 Å². The number of methoxy groups -OCH3 is 1. The van der Waals surface area contributed by atoms with Crippen molar-refractivity contribution in [2.75, 3.05) is 39.2 Å². The summed E-state index contributed by atoms with van der Waals surface area (Å²) in [5, 5.41) is 10.8. The van der Waals surface area contributed by atoms with Crippen molar-refractivity contribution in [3.8, 4) is 11.5 Å². The molecule has 3 rings (SSSR count). The lowest BCUT2D eigenvalue weighted by Gasteiger charge is -2.29. The highest BCUT2D eigenvalue weighted by Crippen LogP contribution is 2.41. The number of nitrogens with zero attached hydrogens (tertiary/aromatic N) is 2. The van der Waals surface area contributed by atoms with Crippen LogP contribution >= 0.6 is 0 Å². The van der Waals surface area contributed by atoms with E-state index in [-0.39, 0.29) is 17.6 Å². The van der Waals surface area contributed by atoms with Crippen LogP contribution in [0.5, 0.6) is 11.5 Å². The van der Waals surface area contributed by atoms with Crippen LogP contribution < -0.4 is 9.64 Å². The number of phenols is 1. The van der Waals surface area contributed by atoms with Crippen LogP contribution in [0.25, 0.3) is 0 Å². The first kappa shape index (κ1) is 21.0. The number of aromatic hydroxyl groups is 1. The van der Waals surface area contributed by atoms with Crippen LogP contribution in [0.2, 0.25) is 0 Å². The van der Waals surface area contributed by atoms with E-state index in [1.807, 2.05) is 61.2 Å². The fourth-order valence-corrected chi connectivity index (χ4v) is 4.10. The summed E-state index contributed by atoms with van der Waals surface area (Å²) in [4.78, 5) is 17.1. The number of aryl methyl sites for hydroxylation is 1. The van der Waals surface area contributed by atoms with Crippen LogP contribution in [0.15, 0.2) is 36.4 Å². The van der Waals surface area contributed by atoms with Crippen molar-refractivity contribution in [2.24, 2.45) is 0 Å². The van der Waals surface area contributed by atoms with Gasteiger partial charge < -0.3 is 19.6 Å². The molecule has 5 heteroatoms. The van der Waals surface area contributed by atoms with Gasteiger partial charge in [0, 0.05) is 50.8 Å². The van der Waals surface area contributed by atoms with Gasteiger partial charge in [-0.1, -0.05) is 12.1 Å². The molecule has 1 saturated heterocycles. The standard InChI is InChI=1S/C24H32N2O3/c1-17-14-21(27)24(22(15-17)29-4)20(16-23(28)26-12-6-5-7-13-26)18-8-10-19(11-9-18)25(2)3/h8-11,14-15,20,27H,5-7,12-13,16H2,1-4H3. The summed E-state index contributed by atoms with van der Waals surface area (Å²) in [6.07, 6.45) is 3.63. The van der Waals surface area contributed by atoms with Crippen molar-refractivity contribution >= 4 is 11.6 Å². The molecule has 1 unspecified atom stereocenters. The Morgan fingerprint density at radius 2 is 1.79 bits per heavy atom. The van der Waals surface area contributed by atoms with Gasteiger partial charge in [-0.3, -0.25) is 4.79 Å². The first-order chi connectivity index (χ1) is 13.9. The zero-order valence-corrected chi connectivity index (χ0v) is 17.9. The van der Waals surface area contributed by atoms with Crippen LogP contribution in [0, 0.1) is 6.92 Å². The zero-order valence-electron chi connectivity index (χ0n) is 17.9. The summed E-state index contributed by atoms with van der Waals surface area (Å²) in [5.74, 6) is 0.662. The Morgan fingerprint density at radius 3 is 2.38 bits per heavy atom. The molecule has 0 saturated carbocycles.